The van der Waals surface area contributed by atoms with E-state index in [0.29, 0.717) is 5.39 Å². The first kappa shape index (κ1) is 12.0. The molecule has 0 fully saturated rings. The normalized spacial score (nSPS) is 22.4. The van der Waals surface area contributed by atoms with Gasteiger partial charge in [-0.2, -0.15) is 13.2 Å². The van der Waals surface area contributed by atoms with Crippen molar-refractivity contribution in [2.45, 2.75) is 11.8 Å². The number of anilines is 1. The van der Waals surface area contributed by atoms with Crippen LogP contribution < -0.4 is 5.32 Å². The van der Waals surface area contributed by atoms with Gasteiger partial charge in [-0.3, -0.25) is 4.79 Å². The maximum Gasteiger partial charge on any atom is 0.430 e. The van der Waals surface area contributed by atoms with Crippen LogP contribution in [0.2, 0.25) is 0 Å². The van der Waals surface area contributed by atoms with Gasteiger partial charge in [0.2, 0.25) is 0 Å². The Morgan fingerprint density at radius 3 is 2.47 bits per heavy atom. The van der Waals surface area contributed by atoms with Gasteiger partial charge in [0.15, 0.2) is 0 Å². The van der Waals surface area contributed by atoms with Crippen LogP contribution in [0.4, 0.5) is 18.9 Å². The van der Waals surface area contributed by atoms with Crippen LogP contribution in [0, 0.1) is 0 Å². The summed E-state index contributed by atoms with van der Waals surface area (Å²) >= 11 is 0. The van der Waals surface area contributed by atoms with Crippen LogP contribution in [0.25, 0.3) is 10.8 Å². The van der Waals surface area contributed by atoms with Crippen molar-refractivity contribution in [2.75, 3.05) is 5.32 Å². The first-order valence-electron chi connectivity index (χ1n) is 5.48. The van der Waals surface area contributed by atoms with E-state index in [1.54, 1.807) is 24.3 Å². The van der Waals surface area contributed by atoms with Gasteiger partial charge in [0.05, 0.1) is 0 Å². The van der Waals surface area contributed by atoms with E-state index in [1.165, 1.54) is 12.1 Å². The minimum atomic E-state index is -5.08. The third-order valence-corrected chi connectivity index (χ3v) is 3.28. The highest BCUT2D eigenvalue weighted by atomic mass is 19.4. The van der Waals surface area contributed by atoms with Crippen LogP contribution in [0.15, 0.2) is 36.4 Å². The average Bonchev–Trinajstić information content (AvgIpc) is 2.62. The van der Waals surface area contributed by atoms with Gasteiger partial charge in [-0.1, -0.05) is 30.3 Å². The summed E-state index contributed by atoms with van der Waals surface area (Å²) in [4.78, 5) is 11.6. The minimum Gasteiger partial charge on any atom is -0.368 e. The molecule has 0 saturated carbocycles. The summed E-state index contributed by atoms with van der Waals surface area (Å²) in [5.41, 5.74) is -3.94. The Bertz CT molecular complexity index is 696. The second-order valence-electron chi connectivity index (χ2n) is 4.37. The Labute approximate surface area is 105 Å². The number of hydrogen-bond donors (Lipinski definition) is 2. The van der Waals surface area contributed by atoms with Crippen molar-refractivity contribution in [1.29, 1.82) is 0 Å². The number of alkyl halides is 3. The van der Waals surface area contributed by atoms with Crippen molar-refractivity contribution in [3.8, 4) is 0 Å². The van der Waals surface area contributed by atoms with Gasteiger partial charge in [0.1, 0.15) is 0 Å². The van der Waals surface area contributed by atoms with Crippen LogP contribution >= 0.6 is 0 Å². The monoisotopic (exact) mass is 267 g/mol. The molecule has 6 heteroatoms. The fourth-order valence-corrected chi connectivity index (χ4v) is 2.36. The SMILES string of the molecule is O=C1Nc2ccc3ccccc3c2C1(O)C(F)(F)F. The van der Waals surface area contributed by atoms with E-state index in [-0.39, 0.29) is 11.1 Å². The van der Waals surface area contributed by atoms with Gasteiger partial charge in [-0.25, -0.2) is 0 Å². The van der Waals surface area contributed by atoms with Gasteiger partial charge >= 0.3 is 6.18 Å². The zero-order valence-corrected chi connectivity index (χ0v) is 9.45. The highest BCUT2D eigenvalue weighted by molar-refractivity contribution is 6.11. The number of benzene rings is 2. The van der Waals surface area contributed by atoms with E-state index >= 15 is 0 Å². The van der Waals surface area contributed by atoms with E-state index in [4.69, 9.17) is 0 Å². The third kappa shape index (κ3) is 1.40. The molecule has 1 atom stereocenters. The van der Waals surface area contributed by atoms with E-state index in [1.807, 2.05) is 0 Å². The molecule has 98 valence electrons. The van der Waals surface area contributed by atoms with Gasteiger partial charge in [0.25, 0.3) is 11.5 Å². The molecule has 0 saturated heterocycles. The van der Waals surface area contributed by atoms with E-state index in [2.05, 4.69) is 5.32 Å². The fourth-order valence-electron chi connectivity index (χ4n) is 2.36. The molecule has 0 aromatic heterocycles. The molecule has 0 spiro atoms. The predicted molar refractivity (Wildman–Crippen MR) is 62.5 cm³/mol. The summed E-state index contributed by atoms with van der Waals surface area (Å²) in [6.45, 7) is 0. The molecular weight excluding hydrogens is 259 g/mol. The molecule has 1 heterocycles. The molecule has 0 aliphatic carbocycles. The van der Waals surface area contributed by atoms with Crippen molar-refractivity contribution in [2.24, 2.45) is 0 Å². The standard InChI is InChI=1S/C13H8F3NO2/c14-13(15,16)12(19)10-8-4-2-1-3-7(8)5-6-9(10)17-11(12)18/h1-6,19H,(H,17,18). The van der Waals surface area contributed by atoms with Crippen LogP contribution in [0.1, 0.15) is 5.56 Å². The minimum absolute atomic E-state index is 0.0106. The first-order chi connectivity index (χ1) is 8.85. The maximum absolute atomic E-state index is 13.1. The Morgan fingerprint density at radius 1 is 1.11 bits per heavy atom. The number of rotatable bonds is 0. The van der Waals surface area contributed by atoms with E-state index < -0.39 is 23.2 Å². The van der Waals surface area contributed by atoms with Gasteiger partial charge in [0, 0.05) is 11.3 Å². The number of nitrogens with one attached hydrogen (secondary N) is 1. The quantitative estimate of drug-likeness (QED) is 0.770. The lowest BCUT2D eigenvalue weighted by Crippen LogP contribution is -2.47. The number of halogens is 3. The fraction of sp³-hybridized carbons (Fsp3) is 0.154. The number of carbonyl (C=O) groups excluding carboxylic acids is 1. The molecule has 2 aromatic carbocycles. The molecule has 1 aliphatic heterocycles. The lowest BCUT2D eigenvalue weighted by atomic mass is 9.90. The zero-order chi connectivity index (χ0) is 13.8. The Morgan fingerprint density at radius 2 is 1.79 bits per heavy atom. The molecule has 2 N–H and O–H groups in total. The van der Waals surface area contributed by atoms with E-state index in [9.17, 15) is 23.1 Å². The maximum atomic E-state index is 13.1. The second-order valence-corrected chi connectivity index (χ2v) is 4.37. The van der Waals surface area contributed by atoms with Crippen LogP contribution in [-0.4, -0.2) is 17.2 Å². The molecule has 2 aromatic rings. The topological polar surface area (TPSA) is 49.3 Å². The zero-order valence-electron chi connectivity index (χ0n) is 9.45. The van der Waals surface area contributed by atoms with Crippen LogP contribution in [-0.2, 0) is 10.4 Å². The van der Waals surface area contributed by atoms with Crippen molar-refractivity contribution in [3.63, 3.8) is 0 Å². The van der Waals surface area contributed by atoms with Crippen molar-refractivity contribution in [3.05, 3.63) is 42.0 Å². The van der Waals surface area contributed by atoms with Gasteiger partial charge < -0.3 is 10.4 Å². The summed E-state index contributed by atoms with van der Waals surface area (Å²) in [5, 5.41) is 12.7. The number of aliphatic hydroxyl groups is 1. The van der Waals surface area contributed by atoms with Crippen LogP contribution in [0.3, 0.4) is 0 Å². The Balaban J connectivity index is 2.42. The lowest BCUT2D eigenvalue weighted by Gasteiger charge is -2.24. The molecule has 0 bridgehead atoms. The molecule has 19 heavy (non-hydrogen) atoms. The number of hydrogen-bond acceptors (Lipinski definition) is 2. The molecule has 1 unspecified atom stereocenters. The van der Waals surface area contributed by atoms with Gasteiger partial charge in [-0.15, -0.1) is 0 Å². The average molecular weight is 267 g/mol. The molecule has 0 radical (unpaired) electrons. The smallest absolute Gasteiger partial charge is 0.368 e. The Hall–Kier alpha value is -2.08. The second kappa shape index (κ2) is 3.48. The predicted octanol–water partition coefficient (Wildman–Crippen LogP) is 2.54. The molecule has 3 nitrogen and oxygen atoms in total. The number of fused-ring (bicyclic) bond motifs is 3. The first-order valence-corrected chi connectivity index (χ1v) is 5.48. The molecule has 1 amide bonds. The summed E-state index contributed by atoms with van der Waals surface area (Å²) in [5.74, 6) is -1.47. The summed E-state index contributed by atoms with van der Waals surface area (Å²) < 4.78 is 39.3. The third-order valence-electron chi connectivity index (χ3n) is 3.28. The molecule has 1 aliphatic rings. The summed E-state index contributed by atoms with van der Waals surface area (Å²) in [6, 6.07) is 9.25. The van der Waals surface area contributed by atoms with E-state index in [0.717, 1.165) is 0 Å². The lowest BCUT2D eigenvalue weighted by molar-refractivity contribution is -0.251. The van der Waals surface area contributed by atoms with Gasteiger partial charge in [-0.05, 0) is 16.8 Å². The molecular formula is C13H8F3NO2. The number of amides is 1. The summed E-state index contributed by atoms with van der Waals surface area (Å²) in [6.07, 6.45) is -5.08. The number of carbonyl (C=O) groups is 1. The van der Waals surface area contributed by atoms with Crippen molar-refractivity contribution in [1.82, 2.24) is 0 Å². The summed E-state index contributed by atoms with van der Waals surface area (Å²) in [7, 11) is 0. The largest absolute Gasteiger partial charge is 0.430 e. The van der Waals surface area contributed by atoms with Crippen molar-refractivity contribution < 1.29 is 23.1 Å². The highest BCUT2D eigenvalue weighted by Gasteiger charge is 2.65. The van der Waals surface area contributed by atoms with Crippen LogP contribution in [0.5, 0.6) is 0 Å². The van der Waals surface area contributed by atoms with Crippen molar-refractivity contribution >= 4 is 22.4 Å². The Kier molecular flexibility index (Phi) is 2.19. The molecule has 3 rings (SSSR count). The highest BCUT2D eigenvalue weighted by Crippen LogP contribution is 2.49.